The first-order valence-corrected chi connectivity index (χ1v) is 6.34. The molecule has 0 aliphatic heterocycles. The smallest absolute Gasteiger partial charge is 0.398 e. The fourth-order valence-electron chi connectivity index (χ4n) is 1.83. The van der Waals surface area contributed by atoms with Crippen LogP contribution in [-0.2, 0) is 6.18 Å². The van der Waals surface area contributed by atoms with Gasteiger partial charge in [-0.25, -0.2) is 0 Å². The summed E-state index contributed by atoms with van der Waals surface area (Å²) in [6.07, 6.45) is -4.05. The van der Waals surface area contributed by atoms with Crippen LogP contribution in [0.2, 0.25) is 0 Å². The van der Waals surface area contributed by atoms with Gasteiger partial charge in [0.25, 0.3) is 0 Å². The molecule has 0 spiro atoms. The van der Waals surface area contributed by atoms with Crippen LogP contribution in [0.1, 0.15) is 22.8 Å². The van der Waals surface area contributed by atoms with Crippen LogP contribution in [0.4, 0.5) is 18.9 Å². The van der Waals surface area contributed by atoms with E-state index in [9.17, 15) is 18.3 Å². The number of hydrogen-bond acceptors (Lipinski definition) is 3. The third-order valence-corrected chi connectivity index (χ3v) is 3.29. The summed E-state index contributed by atoms with van der Waals surface area (Å²) in [4.78, 5) is 3.64. The Morgan fingerprint density at radius 1 is 1.20 bits per heavy atom. The first-order valence-electron chi connectivity index (χ1n) is 5.55. The second kappa shape index (κ2) is 5.41. The van der Waals surface area contributed by atoms with Gasteiger partial charge in [0, 0.05) is 33.7 Å². The van der Waals surface area contributed by atoms with E-state index in [4.69, 9.17) is 5.73 Å². The van der Waals surface area contributed by atoms with E-state index in [1.165, 1.54) is 12.1 Å². The van der Waals surface area contributed by atoms with E-state index in [0.29, 0.717) is 4.47 Å². The number of benzene rings is 1. The Bertz CT molecular complexity index is 631. The molecule has 1 unspecified atom stereocenters. The molecule has 1 aromatic carbocycles. The van der Waals surface area contributed by atoms with Gasteiger partial charge in [0.2, 0.25) is 0 Å². The molecular formula is C13H10BrF3N2O. The number of halogens is 4. The molecule has 2 aromatic rings. The van der Waals surface area contributed by atoms with Crippen molar-refractivity contribution in [3.63, 3.8) is 0 Å². The van der Waals surface area contributed by atoms with Gasteiger partial charge in [-0.15, -0.1) is 0 Å². The maximum absolute atomic E-state index is 12.9. The minimum absolute atomic E-state index is 0.192. The number of alkyl halides is 3. The molecule has 106 valence electrons. The highest BCUT2D eigenvalue weighted by Gasteiger charge is 2.35. The second-order valence-corrected chi connectivity index (χ2v) is 5.05. The first-order chi connectivity index (χ1) is 9.30. The largest absolute Gasteiger partial charge is 0.416 e. The predicted molar refractivity (Wildman–Crippen MR) is 71.9 cm³/mol. The number of aliphatic hydroxyl groups is 1. The average Bonchev–Trinajstić information content (AvgIpc) is 2.40. The molecular weight excluding hydrogens is 337 g/mol. The minimum Gasteiger partial charge on any atom is -0.398 e. The third-order valence-electron chi connectivity index (χ3n) is 2.80. The van der Waals surface area contributed by atoms with Crippen LogP contribution in [0, 0.1) is 0 Å². The molecule has 2 rings (SSSR count). The predicted octanol–water partition coefficient (Wildman–Crippen LogP) is 3.53. The summed E-state index contributed by atoms with van der Waals surface area (Å²) in [6, 6.07) is 5.45. The summed E-state index contributed by atoms with van der Waals surface area (Å²) in [5.41, 5.74) is 4.84. The zero-order valence-corrected chi connectivity index (χ0v) is 11.6. The van der Waals surface area contributed by atoms with Crippen LogP contribution in [0.15, 0.2) is 41.1 Å². The van der Waals surface area contributed by atoms with Crippen molar-refractivity contribution in [1.29, 1.82) is 0 Å². The number of aliphatic hydroxyl groups excluding tert-OH is 1. The molecule has 0 fully saturated rings. The summed E-state index contributed by atoms with van der Waals surface area (Å²) in [5, 5.41) is 10.2. The van der Waals surface area contributed by atoms with Crippen molar-refractivity contribution in [2.75, 3.05) is 5.73 Å². The lowest BCUT2D eigenvalue weighted by Crippen LogP contribution is -2.14. The molecule has 7 heteroatoms. The molecule has 0 saturated heterocycles. The molecule has 3 N–H and O–H groups in total. The highest BCUT2D eigenvalue weighted by Crippen LogP contribution is 2.37. The summed E-state index contributed by atoms with van der Waals surface area (Å²) >= 11 is 3.19. The van der Waals surface area contributed by atoms with E-state index in [-0.39, 0.29) is 16.8 Å². The number of nitrogens with two attached hydrogens (primary N) is 1. The van der Waals surface area contributed by atoms with Crippen molar-refractivity contribution in [2.45, 2.75) is 12.3 Å². The number of aromatic nitrogens is 1. The lowest BCUT2D eigenvalue weighted by atomic mass is 9.97. The van der Waals surface area contributed by atoms with E-state index >= 15 is 0 Å². The number of nitrogens with zero attached hydrogens (tertiary/aromatic N) is 1. The van der Waals surface area contributed by atoms with E-state index < -0.39 is 17.8 Å². The van der Waals surface area contributed by atoms with Gasteiger partial charge in [-0.2, -0.15) is 13.2 Å². The van der Waals surface area contributed by atoms with E-state index in [1.54, 1.807) is 6.07 Å². The van der Waals surface area contributed by atoms with Gasteiger partial charge in [-0.1, -0.05) is 15.9 Å². The SMILES string of the molecule is Nc1ccc(Br)cc1C(O)c1cnccc1C(F)(F)F. The summed E-state index contributed by atoms with van der Waals surface area (Å²) in [5.74, 6) is 0. The van der Waals surface area contributed by atoms with Crippen LogP contribution < -0.4 is 5.73 Å². The Morgan fingerprint density at radius 3 is 2.55 bits per heavy atom. The highest BCUT2D eigenvalue weighted by atomic mass is 79.9. The van der Waals surface area contributed by atoms with Crippen molar-refractivity contribution in [3.8, 4) is 0 Å². The highest BCUT2D eigenvalue weighted by molar-refractivity contribution is 9.10. The normalized spacial score (nSPS) is 13.2. The van der Waals surface area contributed by atoms with E-state index in [2.05, 4.69) is 20.9 Å². The lowest BCUT2D eigenvalue weighted by molar-refractivity contribution is -0.139. The Kier molecular flexibility index (Phi) is 4.01. The summed E-state index contributed by atoms with van der Waals surface area (Å²) < 4.78 is 39.4. The zero-order valence-electron chi connectivity index (χ0n) is 10.0. The third kappa shape index (κ3) is 2.94. The topological polar surface area (TPSA) is 59.1 Å². The number of anilines is 1. The van der Waals surface area contributed by atoms with Gasteiger partial charge >= 0.3 is 6.18 Å². The molecule has 20 heavy (non-hydrogen) atoms. The molecule has 0 aliphatic rings. The van der Waals surface area contributed by atoms with Crippen molar-refractivity contribution in [2.24, 2.45) is 0 Å². The molecule has 0 bridgehead atoms. The molecule has 1 atom stereocenters. The average molecular weight is 347 g/mol. The Hall–Kier alpha value is -1.60. The lowest BCUT2D eigenvalue weighted by Gasteiger charge is -2.18. The standard InChI is InChI=1S/C13H10BrF3N2O/c14-7-1-2-11(18)8(5-7)12(20)9-6-19-4-3-10(9)13(15,16)17/h1-6,12,20H,18H2. The molecule has 0 amide bonds. The Balaban J connectivity index is 2.54. The van der Waals surface area contributed by atoms with Gasteiger partial charge < -0.3 is 10.8 Å². The van der Waals surface area contributed by atoms with Gasteiger partial charge in [-0.3, -0.25) is 4.98 Å². The van der Waals surface area contributed by atoms with Crippen molar-refractivity contribution in [3.05, 3.63) is 57.8 Å². The number of nitrogen functional groups attached to an aromatic ring is 1. The Morgan fingerprint density at radius 2 is 1.90 bits per heavy atom. The van der Waals surface area contributed by atoms with E-state index in [1.807, 2.05) is 0 Å². The van der Waals surface area contributed by atoms with Crippen LogP contribution in [-0.4, -0.2) is 10.1 Å². The van der Waals surface area contributed by atoms with Crippen molar-refractivity contribution in [1.82, 2.24) is 4.98 Å². The monoisotopic (exact) mass is 346 g/mol. The molecule has 1 heterocycles. The molecule has 0 radical (unpaired) electrons. The first kappa shape index (κ1) is 14.8. The second-order valence-electron chi connectivity index (χ2n) is 4.14. The van der Waals surface area contributed by atoms with Gasteiger partial charge in [-0.05, 0) is 24.3 Å². The fraction of sp³-hybridized carbons (Fsp3) is 0.154. The van der Waals surface area contributed by atoms with Crippen LogP contribution >= 0.6 is 15.9 Å². The number of pyridine rings is 1. The van der Waals surface area contributed by atoms with Crippen LogP contribution in [0.5, 0.6) is 0 Å². The molecule has 3 nitrogen and oxygen atoms in total. The minimum atomic E-state index is -4.57. The van der Waals surface area contributed by atoms with Crippen molar-refractivity contribution >= 4 is 21.6 Å². The summed E-state index contributed by atoms with van der Waals surface area (Å²) in [6.45, 7) is 0. The molecule has 1 aromatic heterocycles. The van der Waals surface area contributed by atoms with Crippen molar-refractivity contribution < 1.29 is 18.3 Å². The van der Waals surface area contributed by atoms with Gasteiger partial charge in [0.05, 0.1) is 5.56 Å². The summed E-state index contributed by atoms with van der Waals surface area (Å²) in [7, 11) is 0. The van der Waals surface area contributed by atoms with E-state index in [0.717, 1.165) is 18.5 Å². The van der Waals surface area contributed by atoms with Crippen LogP contribution in [0.25, 0.3) is 0 Å². The molecule has 0 aliphatic carbocycles. The molecule has 0 saturated carbocycles. The van der Waals surface area contributed by atoms with Gasteiger partial charge in [0.1, 0.15) is 6.10 Å². The number of rotatable bonds is 2. The number of hydrogen-bond donors (Lipinski definition) is 2. The maximum Gasteiger partial charge on any atom is 0.416 e. The van der Waals surface area contributed by atoms with Gasteiger partial charge in [0.15, 0.2) is 0 Å². The fourth-order valence-corrected chi connectivity index (χ4v) is 2.21. The maximum atomic E-state index is 12.9. The Labute approximate surface area is 121 Å². The van der Waals surface area contributed by atoms with Crippen LogP contribution in [0.3, 0.4) is 0 Å². The quantitative estimate of drug-likeness (QED) is 0.818. The zero-order chi connectivity index (χ0) is 14.9.